The lowest BCUT2D eigenvalue weighted by atomic mass is 10.1. The predicted octanol–water partition coefficient (Wildman–Crippen LogP) is 2.72. The van der Waals surface area contributed by atoms with Gasteiger partial charge in [-0.1, -0.05) is 0 Å². The summed E-state index contributed by atoms with van der Waals surface area (Å²) in [6.07, 6.45) is -4.72. The smallest absolute Gasteiger partial charge is 0.398 e. The van der Waals surface area contributed by atoms with Crippen LogP contribution in [-0.4, -0.2) is 10.3 Å². The zero-order valence-corrected chi connectivity index (χ0v) is 11.0. The predicted molar refractivity (Wildman–Crippen MR) is 70.3 cm³/mol. The van der Waals surface area contributed by atoms with Crippen molar-refractivity contribution in [3.8, 4) is 0 Å². The first kappa shape index (κ1) is 15.0. The van der Waals surface area contributed by atoms with Gasteiger partial charge in [-0.25, -0.2) is 4.39 Å². The van der Waals surface area contributed by atoms with E-state index in [-0.39, 0.29) is 16.3 Å². The van der Waals surface area contributed by atoms with Crippen molar-refractivity contribution in [3.05, 3.63) is 35.3 Å². The number of anilines is 3. The van der Waals surface area contributed by atoms with Crippen LogP contribution in [0.5, 0.6) is 0 Å². The van der Waals surface area contributed by atoms with Gasteiger partial charge in [0.05, 0.1) is 11.3 Å². The van der Waals surface area contributed by atoms with E-state index in [0.717, 1.165) is 12.1 Å². The second-order valence-corrected chi connectivity index (χ2v) is 4.73. The van der Waals surface area contributed by atoms with E-state index in [9.17, 15) is 22.4 Å². The third kappa shape index (κ3) is 3.05. The molecule has 0 saturated heterocycles. The fourth-order valence-electron chi connectivity index (χ4n) is 1.49. The Morgan fingerprint density at radius 3 is 2.52 bits per heavy atom. The van der Waals surface area contributed by atoms with E-state index in [1.54, 1.807) is 0 Å². The quantitative estimate of drug-likeness (QED) is 0.586. The van der Waals surface area contributed by atoms with E-state index in [4.69, 9.17) is 11.5 Å². The number of amides is 1. The first-order chi connectivity index (χ1) is 9.70. The Bertz CT molecular complexity index is 698. The van der Waals surface area contributed by atoms with Crippen LogP contribution in [0.2, 0.25) is 0 Å². The summed E-state index contributed by atoms with van der Waals surface area (Å²) < 4.78 is 53.8. The third-order valence-corrected chi connectivity index (χ3v) is 3.26. The van der Waals surface area contributed by atoms with Gasteiger partial charge in [0.15, 0.2) is 5.69 Å². The minimum Gasteiger partial charge on any atom is -0.398 e. The monoisotopic (exact) mass is 320 g/mol. The van der Waals surface area contributed by atoms with Gasteiger partial charge in [0.25, 0.3) is 5.91 Å². The topological polar surface area (TPSA) is 94.0 Å². The van der Waals surface area contributed by atoms with Crippen LogP contribution >= 0.6 is 11.5 Å². The number of rotatable bonds is 2. The average molecular weight is 320 g/mol. The molecular weight excluding hydrogens is 312 g/mol. The lowest BCUT2D eigenvalue weighted by molar-refractivity contribution is -0.139. The van der Waals surface area contributed by atoms with Crippen LogP contribution in [0.15, 0.2) is 18.2 Å². The molecule has 2 rings (SSSR count). The van der Waals surface area contributed by atoms with Crippen LogP contribution in [0.3, 0.4) is 0 Å². The summed E-state index contributed by atoms with van der Waals surface area (Å²) in [4.78, 5) is 11.9. The largest absolute Gasteiger partial charge is 0.436 e. The molecule has 0 bridgehead atoms. The molecule has 0 spiro atoms. The number of carbonyl (C=O) groups excluding carboxylic acids is 1. The van der Waals surface area contributed by atoms with Crippen molar-refractivity contribution in [3.63, 3.8) is 0 Å². The molecule has 2 aromatic rings. The number of nitrogens with one attached hydrogen (secondary N) is 1. The van der Waals surface area contributed by atoms with Gasteiger partial charge in [-0.05, 0) is 29.7 Å². The molecule has 10 heteroatoms. The molecule has 1 aromatic carbocycles. The normalized spacial score (nSPS) is 11.4. The molecule has 1 heterocycles. The van der Waals surface area contributed by atoms with Gasteiger partial charge >= 0.3 is 6.18 Å². The Morgan fingerprint density at radius 2 is 1.95 bits per heavy atom. The number of nitrogens with zero attached hydrogens (tertiary/aromatic N) is 1. The van der Waals surface area contributed by atoms with Gasteiger partial charge < -0.3 is 16.8 Å². The zero-order chi connectivity index (χ0) is 15.8. The maximum atomic E-state index is 13.1. The summed E-state index contributed by atoms with van der Waals surface area (Å²) >= 11 is 0.375. The van der Waals surface area contributed by atoms with E-state index in [1.807, 2.05) is 0 Å². The molecule has 0 saturated carbocycles. The first-order valence-electron chi connectivity index (χ1n) is 5.39. The molecule has 0 unspecified atom stereocenters. The summed E-state index contributed by atoms with van der Waals surface area (Å²) in [6.45, 7) is 0. The van der Waals surface area contributed by atoms with Gasteiger partial charge in [-0.3, -0.25) is 4.79 Å². The third-order valence-electron chi connectivity index (χ3n) is 2.48. The maximum Gasteiger partial charge on any atom is 0.436 e. The van der Waals surface area contributed by atoms with Crippen LogP contribution in [0.4, 0.5) is 33.9 Å². The summed E-state index contributed by atoms with van der Waals surface area (Å²) in [5, 5.41) is 1.85. The van der Waals surface area contributed by atoms with Crippen molar-refractivity contribution < 1.29 is 22.4 Å². The molecule has 1 amide bonds. The molecule has 0 aliphatic carbocycles. The second-order valence-electron chi connectivity index (χ2n) is 3.96. The number of alkyl halides is 3. The number of halogens is 4. The van der Waals surface area contributed by atoms with Crippen molar-refractivity contribution in [1.29, 1.82) is 0 Å². The number of benzene rings is 1. The van der Waals surface area contributed by atoms with Crippen molar-refractivity contribution in [2.45, 2.75) is 6.18 Å². The van der Waals surface area contributed by atoms with E-state index >= 15 is 0 Å². The van der Waals surface area contributed by atoms with Crippen LogP contribution in [-0.2, 0) is 6.18 Å². The summed E-state index contributed by atoms with van der Waals surface area (Å²) in [5.41, 5.74) is 8.58. The SMILES string of the molecule is Nc1ccc(F)cc1C(=O)Nc1snc(C(F)(F)F)c1N. The van der Waals surface area contributed by atoms with E-state index in [1.165, 1.54) is 6.07 Å². The maximum absolute atomic E-state index is 13.1. The first-order valence-corrected chi connectivity index (χ1v) is 6.16. The van der Waals surface area contributed by atoms with Gasteiger partial charge in [-0.15, -0.1) is 0 Å². The van der Waals surface area contributed by atoms with Gasteiger partial charge in [0, 0.05) is 5.69 Å². The van der Waals surface area contributed by atoms with E-state index in [2.05, 4.69) is 9.69 Å². The minimum atomic E-state index is -4.72. The van der Waals surface area contributed by atoms with Crippen LogP contribution in [0, 0.1) is 5.82 Å². The molecule has 0 aliphatic rings. The number of hydrogen-bond donors (Lipinski definition) is 3. The highest BCUT2D eigenvalue weighted by Crippen LogP contribution is 2.39. The highest BCUT2D eigenvalue weighted by atomic mass is 32.1. The van der Waals surface area contributed by atoms with Crippen LogP contribution in [0.25, 0.3) is 0 Å². The van der Waals surface area contributed by atoms with Gasteiger partial charge in [-0.2, -0.15) is 17.5 Å². The lowest BCUT2D eigenvalue weighted by Crippen LogP contribution is -2.15. The number of nitrogens with two attached hydrogens (primary N) is 2. The highest BCUT2D eigenvalue weighted by Gasteiger charge is 2.37. The average Bonchev–Trinajstić information content (AvgIpc) is 2.73. The van der Waals surface area contributed by atoms with E-state index < -0.39 is 29.3 Å². The van der Waals surface area contributed by atoms with Crippen molar-refractivity contribution in [2.75, 3.05) is 16.8 Å². The molecule has 0 fully saturated rings. The fraction of sp³-hybridized carbons (Fsp3) is 0.0909. The number of aromatic nitrogens is 1. The van der Waals surface area contributed by atoms with Gasteiger partial charge in [0.2, 0.25) is 0 Å². The zero-order valence-electron chi connectivity index (χ0n) is 10.2. The van der Waals surface area contributed by atoms with Gasteiger partial charge in [0.1, 0.15) is 10.8 Å². The lowest BCUT2D eigenvalue weighted by Gasteiger charge is -2.07. The van der Waals surface area contributed by atoms with Crippen molar-refractivity contribution >= 4 is 33.8 Å². The standard InChI is InChI=1S/C11H8F4N4OS/c12-4-1-2-6(16)5(3-4)9(20)18-10-7(17)8(19-21-10)11(13,14)15/h1-3H,16-17H2,(H,18,20). The minimum absolute atomic E-state index is 0.0203. The molecule has 112 valence electrons. The molecule has 1 aromatic heterocycles. The summed E-state index contributed by atoms with van der Waals surface area (Å²) in [6, 6.07) is 3.09. The van der Waals surface area contributed by atoms with Crippen molar-refractivity contribution in [1.82, 2.24) is 4.37 Å². The Balaban J connectivity index is 2.29. The highest BCUT2D eigenvalue weighted by molar-refractivity contribution is 7.11. The Labute approximate surface area is 119 Å². The Hall–Kier alpha value is -2.36. The Morgan fingerprint density at radius 1 is 1.29 bits per heavy atom. The molecule has 21 heavy (non-hydrogen) atoms. The molecule has 5 nitrogen and oxygen atoms in total. The van der Waals surface area contributed by atoms with Crippen molar-refractivity contribution in [2.24, 2.45) is 0 Å². The number of nitrogen functional groups attached to an aromatic ring is 2. The molecule has 0 atom stereocenters. The fourth-order valence-corrected chi connectivity index (χ4v) is 2.21. The molecular formula is C11H8F4N4OS. The van der Waals surface area contributed by atoms with Crippen LogP contribution in [0.1, 0.15) is 16.1 Å². The van der Waals surface area contributed by atoms with Crippen LogP contribution < -0.4 is 16.8 Å². The summed E-state index contributed by atoms with van der Waals surface area (Å²) in [5.74, 6) is -1.58. The summed E-state index contributed by atoms with van der Waals surface area (Å²) in [7, 11) is 0. The van der Waals surface area contributed by atoms with E-state index in [0.29, 0.717) is 11.5 Å². The molecule has 5 N–H and O–H groups in total. The second kappa shape index (κ2) is 5.20. The Kier molecular flexibility index (Phi) is 3.73. The number of carbonyl (C=O) groups is 1. The molecule has 0 radical (unpaired) electrons. The number of hydrogen-bond acceptors (Lipinski definition) is 5. The molecule has 0 aliphatic heterocycles.